The van der Waals surface area contributed by atoms with Crippen LogP contribution in [0.2, 0.25) is 0 Å². The third kappa shape index (κ3) is 2.97. The van der Waals surface area contributed by atoms with Gasteiger partial charge < -0.3 is 10.2 Å². The van der Waals surface area contributed by atoms with Crippen LogP contribution in [-0.4, -0.2) is 0 Å². The first kappa shape index (κ1) is 14.9. The molecule has 0 fully saturated rings. The minimum absolute atomic E-state index is 0.364. The molecule has 2 aromatic carbocycles. The highest BCUT2D eigenvalue weighted by molar-refractivity contribution is 5.95. The normalized spacial score (nSPS) is 10.0. The highest BCUT2D eigenvalue weighted by Gasteiger charge is 2.09. The van der Waals surface area contributed by atoms with Gasteiger partial charge in [0.2, 0.25) is 0 Å². The minimum atomic E-state index is -0.364. The molecule has 108 valence electrons. The summed E-state index contributed by atoms with van der Waals surface area (Å²) in [6.45, 7) is 6.02. The van der Waals surface area contributed by atoms with Crippen LogP contribution >= 0.6 is 0 Å². The third-order valence-corrected chi connectivity index (χ3v) is 3.20. The molecule has 3 rings (SSSR count). The van der Waals surface area contributed by atoms with Crippen molar-refractivity contribution in [2.45, 2.75) is 20.8 Å². The van der Waals surface area contributed by atoms with E-state index < -0.39 is 0 Å². The summed E-state index contributed by atoms with van der Waals surface area (Å²) in [6, 6.07) is 14.9. The molecule has 0 saturated carbocycles. The second-order valence-corrected chi connectivity index (χ2v) is 4.55. The van der Waals surface area contributed by atoms with E-state index in [4.69, 9.17) is 10.2 Å². The zero-order valence-electron chi connectivity index (χ0n) is 12.5. The Morgan fingerprint density at radius 1 is 0.952 bits per heavy atom. The zero-order valence-corrected chi connectivity index (χ0v) is 12.5. The maximum absolute atomic E-state index is 11.7. The quantitative estimate of drug-likeness (QED) is 0.532. The molecule has 21 heavy (non-hydrogen) atoms. The minimum Gasteiger partial charge on any atom is -0.423 e. The number of fused-ring (bicyclic) bond motifs is 1. The van der Waals surface area contributed by atoms with Crippen molar-refractivity contribution in [1.82, 2.24) is 0 Å². The largest absolute Gasteiger partial charge is 0.423 e. The van der Waals surface area contributed by atoms with Gasteiger partial charge in [-0.05, 0) is 30.2 Å². The number of rotatable bonds is 1. The van der Waals surface area contributed by atoms with Crippen LogP contribution in [0.4, 0.5) is 5.69 Å². The summed E-state index contributed by atoms with van der Waals surface area (Å²) in [7, 11) is 0. The van der Waals surface area contributed by atoms with E-state index in [9.17, 15) is 4.79 Å². The van der Waals surface area contributed by atoms with Crippen LogP contribution in [0.15, 0.2) is 57.7 Å². The molecule has 0 unspecified atom stereocenters. The third-order valence-electron chi connectivity index (χ3n) is 3.20. The predicted octanol–water partition coefficient (Wildman–Crippen LogP) is 4.38. The van der Waals surface area contributed by atoms with Crippen LogP contribution < -0.4 is 11.4 Å². The van der Waals surface area contributed by atoms with Crippen LogP contribution in [0.1, 0.15) is 19.4 Å². The molecular formula is C18H19NO2. The van der Waals surface area contributed by atoms with Crippen molar-refractivity contribution in [3.8, 4) is 11.1 Å². The van der Waals surface area contributed by atoms with Gasteiger partial charge in [-0.3, -0.25) is 0 Å². The van der Waals surface area contributed by atoms with Crippen LogP contribution in [0.25, 0.3) is 22.1 Å². The summed E-state index contributed by atoms with van der Waals surface area (Å²) in [6.07, 6.45) is 0. The van der Waals surface area contributed by atoms with Gasteiger partial charge in [0.1, 0.15) is 5.58 Å². The lowest BCUT2D eigenvalue weighted by Gasteiger charge is -2.08. The number of anilines is 1. The van der Waals surface area contributed by atoms with E-state index in [1.54, 1.807) is 6.07 Å². The Labute approximate surface area is 124 Å². The Hall–Kier alpha value is -2.55. The van der Waals surface area contributed by atoms with Gasteiger partial charge in [0.15, 0.2) is 0 Å². The van der Waals surface area contributed by atoms with E-state index in [2.05, 4.69) is 0 Å². The maximum atomic E-state index is 11.7. The van der Waals surface area contributed by atoms with E-state index in [0.717, 1.165) is 22.1 Å². The summed E-state index contributed by atoms with van der Waals surface area (Å²) >= 11 is 0. The predicted molar refractivity (Wildman–Crippen MR) is 88.4 cm³/mol. The lowest BCUT2D eigenvalue weighted by atomic mass is 9.98. The summed E-state index contributed by atoms with van der Waals surface area (Å²) in [5.41, 5.74) is 9.49. The summed E-state index contributed by atoms with van der Waals surface area (Å²) < 4.78 is 5.21. The first-order valence-corrected chi connectivity index (χ1v) is 7.04. The molecule has 0 atom stereocenters. The van der Waals surface area contributed by atoms with E-state index >= 15 is 0 Å². The first-order chi connectivity index (χ1) is 10.1. The van der Waals surface area contributed by atoms with Crippen LogP contribution in [-0.2, 0) is 0 Å². The SMILES string of the molecule is CC.Cc1ccccc1-c1cc(=O)oc2cc(N)ccc12. The van der Waals surface area contributed by atoms with E-state index in [0.29, 0.717) is 11.3 Å². The molecular weight excluding hydrogens is 262 g/mol. The average Bonchev–Trinajstić information content (AvgIpc) is 2.48. The van der Waals surface area contributed by atoms with Gasteiger partial charge in [-0.1, -0.05) is 38.1 Å². The van der Waals surface area contributed by atoms with Crippen molar-refractivity contribution in [2.24, 2.45) is 0 Å². The van der Waals surface area contributed by atoms with Crippen LogP contribution in [0.5, 0.6) is 0 Å². The van der Waals surface area contributed by atoms with Crippen molar-refractivity contribution in [3.05, 3.63) is 64.5 Å². The van der Waals surface area contributed by atoms with Gasteiger partial charge in [0.25, 0.3) is 0 Å². The Balaban J connectivity index is 0.000000774. The molecule has 0 saturated heterocycles. The number of nitrogens with two attached hydrogens (primary N) is 1. The zero-order chi connectivity index (χ0) is 15.4. The van der Waals surface area contributed by atoms with Crippen molar-refractivity contribution in [2.75, 3.05) is 5.73 Å². The fourth-order valence-electron chi connectivity index (χ4n) is 2.28. The summed E-state index contributed by atoms with van der Waals surface area (Å²) in [5, 5.41) is 0.892. The highest BCUT2D eigenvalue weighted by atomic mass is 16.4. The van der Waals surface area contributed by atoms with Gasteiger partial charge in [0.05, 0.1) is 0 Å². The van der Waals surface area contributed by atoms with Crippen molar-refractivity contribution in [3.63, 3.8) is 0 Å². The molecule has 0 amide bonds. The molecule has 0 bridgehead atoms. The lowest BCUT2D eigenvalue weighted by Crippen LogP contribution is -1.99. The monoisotopic (exact) mass is 281 g/mol. The topological polar surface area (TPSA) is 56.2 Å². The van der Waals surface area contributed by atoms with Gasteiger partial charge in [0, 0.05) is 28.8 Å². The van der Waals surface area contributed by atoms with Crippen molar-refractivity contribution in [1.29, 1.82) is 0 Å². The number of benzene rings is 2. The molecule has 0 aliphatic carbocycles. The van der Waals surface area contributed by atoms with Gasteiger partial charge in [-0.2, -0.15) is 0 Å². The molecule has 0 aliphatic rings. The number of hydrogen-bond acceptors (Lipinski definition) is 3. The molecule has 3 nitrogen and oxygen atoms in total. The first-order valence-electron chi connectivity index (χ1n) is 7.04. The van der Waals surface area contributed by atoms with Gasteiger partial charge in [-0.25, -0.2) is 4.79 Å². The molecule has 3 aromatic rings. The Morgan fingerprint density at radius 3 is 2.38 bits per heavy atom. The number of aryl methyl sites for hydroxylation is 1. The molecule has 1 aromatic heterocycles. The molecule has 3 heteroatoms. The fourth-order valence-corrected chi connectivity index (χ4v) is 2.28. The van der Waals surface area contributed by atoms with Gasteiger partial charge in [-0.15, -0.1) is 0 Å². The fraction of sp³-hybridized carbons (Fsp3) is 0.167. The molecule has 0 spiro atoms. The standard InChI is InChI=1S/C16H13NO2.C2H6/c1-10-4-2-3-5-12(10)14-9-16(18)19-15-8-11(17)6-7-13(14)15;1-2/h2-9H,17H2,1H3;1-2H3. The van der Waals surface area contributed by atoms with E-state index in [1.165, 1.54) is 6.07 Å². The maximum Gasteiger partial charge on any atom is 0.336 e. The van der Waals surface area contributed by atoms with Crippen molar-refractivity contribution < 1.29 is 4.42 Å². The van der Waals surface area contributed by atoms with Crippen molar-refractivity contribution >= 4 is 16.7 Å². The lowest BCUT2D eigenvalue weighted by molar-refractivity contribution is 0.562. The Morgan fingerprint density at radius 2 is 1.67 bits per heavy atom. The van der Waals surface area contributed by atoms with Gasteiger partial charge >= 0.3 is 5.63 Å². The number of hydrogen-bond donors (Lipinski definition) is 1. The van der Waals surface area contributed by atoms with Crippen LogP contribution in [0.3, 0.4) is 0 Å². The smallest absolute Gasteiger partial charge is 0.336 e. The van der Waals surface area contributed by atoms with Crippen LogP contribution in [0, 0.1) is 6.92 Å². The second kappa shape index (κ2) is 6.27. The van der Waals surface area contributed by atoms with E-state index in [1.807, 2.05) is 57.2 Å². The molecule has 1 heterocycles. The second-order valence-electron chi connectivity index (χ2n) is 4.55. The Kier molecular flexibility index (Phi) is 4.43. The average molecular weight is 281 g/mol. The Bertz CT molecular complexity index is 819. The highest BCUT2D eigenvalue weighted by Crippen LogP contribution is 2.30. The van der Waals surface area contributed by atoms with E-state index in [-0.39, 0.29) is 5.63 Å². The summed E-state index contributed by atoms with van der Waals surface area (Å²) in [4.78, 5) is 11.7. The molecule has 2 N–H and O–H groups in total. The molecule has 0 aliphatic heterocycles. The number of nitrogen functional groups attached to an aromatic ring is 1. The summed E-state index contributed by atoms with van der Waals surface area (Å²) in [5.74, 6) is 0. The molecule has 0 radical (unpaired) electrons.